The third kappa shape index (κ3) is 2.55. The number of nitrogens with two attached hydrogens (primary N) is 1. The second-order valence-electron chi connectivity index (χ2n) is 6.92. The van der Waals surface area contributed by atoms with Crippen LogP contribution in [-0.4, -0.2) is 30.0 Å². The predicted molar refractivity (Wildman–Crippen MR) is 85.9 cm³/mol. The van der Waals surface area contributed by atoms with Gasteiger partial charge < -0.3 is 15.6 Å². The Hall–Kier alpha value is -2.14. The topological polar surface area (TPSA) is 89.6 Å². The molecular formula is C18H21NO4. The van der Waals surface area contributed by atoms with E-state index < -0.39 is 11.8 Å². The lowest BCUT2D eigenvalue weighted by Gasteiger charge is -2.41. The Kier molecular flexibility index (Phi) is 3.76. The quantitative estimate of drug-likeness (QED) is 0.832. The molecule has 0 radical (unpaired) electrons. The molecule has 0 fully saturated rings. The first-order chi connectivity index (χ1) is 10.8. The van der Waals surface area contributed by atoms with Crippen molar-refractivity contribution in [2.45, 2.75) is 32.6 Å². The van der Waals surface area contributed by atoms with Crippen molar-refractivity contribution in [2.24, 2.45) is 11.1 Å². The van der Waals surface area contributed by atoms with Crippen molar-refractivity contribution < 1.29 is 19.4 Å². The molecule has 5 nitrogen and oxygen atoms in total. The van der Waals surface area contributed by atoms with E-state index in [1.807, 2.05) is 26.0 Å². The first-order valence-corrected chi connectivity index (χ1v) is 7.84. The van der Waals surface area contributed by atoms with Crippen molar-refractivity contribution in [3.63, 3.8) is 0 Å². The summed E-state index contributed by atoms with van der Waals surface area (Å²) in [6, 6.07) is 3.77. The molecule has 3 N–H and O–H groups in total. The van der Waals surface area contributed by atoms with Crippen molar-refractivity contribution in [2.75, 3.05) is 13.2 Å². The van der Waals surface area contributed by atoms with Crippen molar-refractivity contribution >= 4 is 11.8 Å². The van der Waals surface area contributed by atoms with Crippen LogP contribution in [0.1, 0.15) is 47.7 Å². The molecule has 0 aromatic heterocycles. The van der Waals surface area contributed by atoms with Crippen molar-refractivity contribution in [1.29, 1.82) is 0 Å². The molecule has 1 aromatic carbocycles. The van der Waals surface area contributed by atoms with Gasteiger partial charge in [0.05, 0.1) is 6.61 Å². The lowest BCUT2D eigenvalue weighted by atomic mass is 9.68. The van der Waals surface area contributed by atoms with Gasteiger partial charge >= 0.3 is 5.97 Å². The van der Waals surface area contributed by atoms with E-state index in [1.165, 1.54) is 0 Å². The molecule has 0 amide bonds. The Morgan fingerprint density at radius 3 is 2.83 bits per heavy atom. The summed E-state index contributed by atoms with van der Waals surface area (Å²) in [6.45, 7) is 5.11. The van der Waals surface area contributed by atoms with Crippen molar-refractivity contribution in [3.05, 3.63) is 40.5 Å². The van der Waals surface area contributed by atoms with Gasteiger partial charge in [-0.15, -0.1) is 0 Å². The Morgan fingerprint density at radius 1 is 1.43 bits per heavy atom. The highest BCUT2D eigenvalue weighted by molar-refractivity contribution is 6.25. The number of hydrogen-bond donors (Lipinski definition) is 2. The molecule has 0 saturated heterocycles. The van der Waals surface area contributed by atoms with Crippen molar-refractivity contribution in [3.8, 4) is 5.75 Å². The molecule has 5 heteroatoms. The highest BCUT2D eigenvalue weighted by Crippen LogP contribution is 2.50. The van der Waals surface area contributed by atoms with E-state index in [1.54, 1.807) is 6.08 Å². The van der Waals surface area contributed by atoms with Crippen LogP contribution in [0.25, 0.3) is 0 Å². The summed E-state index contributed by atoms with van der Waals surface area (Å²) in [5.41, 5.74) is 7.41. The van der Waals surface area contributed by atoms with Gasteiger partial charge in [0.15, 0.2) is 5.78 Å². The van der Waals surface area contributed by atoms with Crippen LogP contribution in [-0.2, 0) is 11.2 Å². The Bertz CT molecular complexity index is 718. The number of carboxylic acid groups (broad SMARTS) is 1. The van der Waals surface area contributed by atoms with Crippen LogP contribution in [0.15, 0.2) is 23.8 Å². The number of carboxylic acids is 1. The van der Waals surface area contributed by atoms with Gasteiger partial charge in [-0.1, -0.05) is 19.9 Å². The summed E-state index contributed by atoms with van der Waals surface area (Å²) in [4.78, 5) is 24.1. The van der Waals surface area contributed by atoms with E-state index in [0.29, 0.717) is 24.5 Å². The number of ketones is 1. The molecule has 0 bridgehead atoms. The Balaban J connectivity index is 2.18. The fraction of sp³-hybridized carbons (Fsp3) is 0.444. The average Bonchev–Trinajstić information content (AvgIpc) is 2.50. The van der Waals surface area contributed by atoms with Gasteiger partial charge in [-0.05, 0) is 37.1 Å². The van der Waals surface area contributed by atoms with Crippen LogP contribution in [0.5, 0.6) is 5.75 Å². The number of ether oxygens (including phenoxy) is 1. The standard InChI is InChI=1S/C18H21NO4/c1-18(2)9-23-14-7-10(4-3-5-19)6-11-15(14)13(18)8-12(16(11)20)17(21)22/h6-8,13H,3-5,9,19H2,1-2H3,(H,21,22). The number of aliphatic carboxylic acids is 1. The minimum absolute atomic E-state index is 0.131. The van der Waals surface area contributed by atoms with Gasteiger partial charge in [0.2, 0.25) is 0 Å². The van der Waals surface area contributed by atoms with Crippen LogP contribution in [0.2, 0.25) is 0 Å². The molecule has 1 unspecified atom stereocenters. The van der Waals surface area contributed by atoms with Gasteiger partial charge in [0.1, 0.15) is 11.3 Å². The molecular weight excluding hydrogens is 294 g/mol. The number of allylic oxidation sites excluding steroid dienone is 1. The Morgan fingerprint density at radius 2 is 2.17 bits per heavy atom. The zero-order valence-electron chi connectivity index (χ0n) is 13.4. The van der Waals surface area contributed by atoms with Gasteiger partial charge in [-0.25, -0.2) is 4.79 Å². The van der Waals surface area contributed by atoms with E-state index in [0.717, 1.165) is 24.0 Å². The fourth-order valence-corrected chi connectivity index (χ4v) is 3.37. The number of benzene rings is 1. The molecule has 0 spiro atoms. The summed E-state index contributed by atoms with van der Waals surface area (Å²) >= 11 is 0. The maximum absolute atomic E-state index is 12.6. The molecule has 1 atom stereocenters. The third-order valence-corrected chi connectivity index (χ3v) is 4.68. The van der Waals surface area contributed by atoms with Crippen LogP contribution in [0.3, 0.4) is 0 Å². The minimum Gasteiger partial charge on any atom is -0.493 e. The highest BCUT2D eigenvalue weighted by Gasteiger charge is 2.43. The predicted octanol–water partition coefficient (Wildman–Crippen LogP) is 2.29. The van der Waals surface area contributed by atoms with Crippen LogP contribution in [0.4, 0.5) is 0 Å². The van der Waals surface area contributed by atoms with E-state index in [9.17, 15) is 14.7 Å². The number of Topliss-reactive ketones (excluding diaryl/α,β-unsaturated/α-hetero) is 1. The average molecular weight is 315 g/mol. The largest absolute Gasteiger partial charge is 0.493 e. The zero-order chi connectivity index (χ0) is 16.8. The second-order valence-corrected chi connectivity index (χ2v) is 6.92. The van der Waals surface area contributed by atoms with Gasteiger partial charge in [0, 0.05) is 22.5 Å². The first-order valence-electron chi connectivity index (χ1n) is 7.84. The monoisotopic (exact) mass is 315 g/mol. The zero-order valence-corrected chi connectivity index (χ0v) is 13.4. The number of rotatable bonds is 4. The minimum atomic E-state index is -1.17. The second kappa shape index (κ2) is 5.49. The molecule has 122 valence electrons. The van der Waals surface area contributed by atoms with Crippen molar-refractivity contribution in [1.82, 2.24) is 0 Å². The molecule has 0 saturated carbocycles. The first kappa shape index (κ1) is 15.7. The summed E-state index contributed by atoms with van der Waals surface area (Å²) in [6.07, 6.45) is 3.15. The number of carbonyl (C=O) groups is 2. The number of carbonyl (C=O) groups excluding carboxylic acids is 1. The maximum Gasteiger partial charge on any atom is 0.339 e. The molecule has 23 heavy (non-hydrogen) atoms. The van der Waals surface area contributed by atoms with Crippen LogP contribution >= 0.6 is 0 Å². The van der Waals surface area contributed by atoms with Crippen LogP contribution in [0, 0.1) is 5.41 Å². The normalized spacial score (nSPS) is 21.3. The molecule has 1 aliphatic heterocycles. The number of aryl methyl sites for hydroxylation is 1. The van der Waals surface area contributed by atoms with Gasteiger partial charge in [-0.3, -0.25) is 4.79 Å². The molecule has 2 aliphatic rings. The molecule has 1 aliphatic carbocycles. The van der Waals surface area contributed by atoms with Crippen LogP contribution < -0.4 is 10.5 Å². The molecule has 1 aromatic rings. The van der Waals surface area contributed by atoms with Gasteiger partial charge in [0.25, 0.3) is 0 Å². The third-order valence-electron chi connectivity index (χ3n) is 4.68. The summed E-state index contributed by atoms with van der Waals surface area (Å²) in [7, 11) is 0. The van der Waals surface area contributed by atoms with E-state index in [2.05, 4.69) is 0 Å². The SMILES string of the molecule is CC1(C)COc2cc(CCCN)cc3c2C1C=C(C(=O)O)C3=O. The highest BCUT2D eigenvalue weighted by atomic mass is 16.5. The summed E-state index contributed by atoms with van der Waals surface area (Å²) in [5.74, 6) is -1.03. The lowest BCUT2D eigenvalue weighted by Crippen LogP contribution is -2.37. The fourth-order valence-electron chi connectivity index (χ4n) is 3.37. The van der Waals surface area contributed by atoms with Gasteiger partial charge in [-0.2, -0.15) is 0 Å². The summed E-state index contributed by atoms with van der Waals surface area (Å²) in [5, 5.41) is 9.38. The molecule has 3 rings (SSSR count). The van der Waals surface area contributed by atoms with E-state index in [-0.39, 0.29) is 16.9 Å². The lowest BCUT2D eigenvalue weighted by molar-refractivity contribution is -0.132. The molecule has 1 heterocycles. The van der Waals surface area contributed by atoms with E-state index in [4.69, 9.17) is 10.5 Å². The smallest absolute Gasteiger partial charge is 0.339 e. The Labute approximate surface area is 135 Å². The van der Waals surface area contributed by atoms with E-state index >= 15 is 0 Å². The maximum atomic E-state index is 12.6. The summed E-state index contributed by atoms with van der Waals surface area (Å²) < 4.78 is 5.89. The number of hydrogen-bond acceptors (Lipinski definition) is 4.